The molecule has 1 saturated carbocycles. The maximum Gasteiger partial charge on any atom is 0.291 e. The summed E-state index contributed by atoms with van der Waals surface area (Å²) in [6.45, 7) is -0.813. The van der Waals surface area contributed by atoms with Crippen LogP contribution >= 0.6 is 0 Å². The van der Waals surface area contributed by atoms with E-state index in [1.54, 1.807) is 0 Å². The van der Waals surface area contributed by atoms with Crippen molar-refractivity contribution < 1.29 is 33.9 Å². The Morgan fingerprint density at radius 2 is 1.80 bits per heavy atom. The minimum Gasteiger partial charge on any atom is -0.508 e. The highest BCUT2D eigenvalue weighted by Gasteiger charge is 2.57. The van der Waals surface area contributed by atoms with Crippen LogP contribution in [-0.4, -0.2) is 51.3 Å². The number of aromatic hydroxyl groups is 1. The summed E-state index contributed by atoms with van der Waals surface area (Å²) in [7, 11) is 0. The molecule has 0 bridgehead atoms. The van der Waals surface area contributed by atoms with Gasteiger partial charge in [-0.05, 0) is 30.7 Å². The topological polar surface area (TPSA) is 90.2 Å². The highest BCUT2D eigenvalue weighted by Crippen LogP contribution is 2.41. The lowest BCUT2D eigenvalue weighted by atomic mass is 9.80. The Labute approximate surface area is 114 Å². The van der Waals surface area contributed by atoms with Crippen molar-refractivity contribution in [3.05, 3.63) is 24.3 Å². The van der Waals surface area contributed by atoms with Crippen molar-refractivity contribution in [2.75, 3.05) is 6.61 Å². The largest absolute Gasteiger partial charge is 0.508 e. The van der Waals surface area contributed by atoms with Crippen LogP contribution in [0.4, 0.5) is 8.78 Å². The van der Waals surface area contributed by atoms with Crippen molar-refractivity contribution in [1.82, 2.24) is 0 Å². The first-order chi connectivity index (χ1) is 9.36. The van der Waals surface area contributed by atoms with E-state index in [1.807, 2.05) is 0 Å². The van der Waals surface area contributed by atoms with Gasteiger partial charge in [-0.2, -0.15) is 0 Å². The van der Waals surface area contributed by atoms with Crippen LogP contribution in [0, 0.1) is 5.92 Å². The van der Waals surface area contributed by atoms with E-state index in [4.69, 9.17) is 14.9 Å². The molecular weight excluding hydrogens is 274 g/mol. The molecule has 1 aromatic rings. The summed E-state index contributed by atoms with van der Waals surface area (Å²) in [5.74, 6) is -4.99. The Balaban J connectivity index is 2.23. The van der Waals surface area contributed by atoms with E-state index in [2.05, 4.69) is 0 Å². The summed E-state index contributed by atoms with van der Waals surface area (Å²) in [4.78, 5) is 0. The fourth-order valence-corrected chi connectivity index (χ4v) is 2.27. The summed E-state index contributed by atoms with van der Waals surface area (Å²) in [6.07, 6.45) is -5.52. The highest BCUT2D eigenvalue weighted by atomic mass is 19.3. The number of aliphatic hydroxyl groups excluding tert-OH is 3. The average molecular weight is 290 g/mol. The fraction of sp³-hybridized carbons (Fsp3) is 0.538. The number of rotatable bonds is 3. The zero-order valence-corrected chi connectivity index (χ0v) is 10.5. The van der Waals surface area contributed by atoms with Crippen molar-refractivity contribution in [2.24, 2.45) is 5.92 Å². The number of aliphatic hydroxyl groups is 3. The SMILES string of the molecule is OC[C@@H]1C[C@H](O)[C@@H](O)[C@H](Oc2ccc(O)cc2)C1(F)F. The predicted molar refractivity (Wildman–Crippen MR) is 64.7 cm³/mol. The maximum absolute atomic E-state index is 14.1. The van der Waals surface area contributed by atoms with Gasteiger partial charge in [0, 0.05) is 0 Å². The van der Waals surface area contributed by atoms with Crippen LogP contribution in [-0.2, 0) is 0 Å². The molecule has 0 spiro atoms. The fourth-order valence-electron chi connectivity index (χ4n) is 2.27. The van der Waals surface area contributed by atoms with Gasteiger partial charge in [0.2, 0.25) is 0 Å². The molecule has 1 aliphatic carbocycles. The highest BCUT2D eigenvalue weighted by molar-refractivity contribution is 5.30. The summed E-state index contributed by atoms with van der Waals surface area (Å²) >= 11 is 0. The first kappa shape index (κ1) is 15.0. The van der Waals surface area contributed by atoms with Gasteiger partial charge in [0.25, 0.3) is 5.92 Å². The molecule has 0 radical (unpaired) electrons. The molecule has 0 amide bonds. The molecule has 20 heavy (non-hydrogen) atoms. The van der Waals surface area contributed by atoms with Gasteiger partial charge in [-0.1, -0.05) is 0 Å². The summed E-state index contributed by atoms with van der Waals surface area (Å²) in [5.41, 5.74) is 0. The molecular formula is C13H16F2O5. The minimum atomic E-state index is -3.48. The molecule has 1 aliphatic rings. The van der Waals surface area contributed by atoms with Crippen LogP contribution in [0.1, 0.15) is 6.42 Å². The molecule has 1 fully saturated rings. The second kappa shape index (κ2) is 5.51. The van der Waals surface area contributed by atoms with Gasteiger partial charge in [-0.25, -0.2) is 8.78 Å². The van der Waals surface area contributed by atoms with Gasteiger partial charge >= 0.3 is 0 Å². The Bertz CT molecular complexity index is 451. The molecule has 2 rings (SSSR count). The van der Waals surface area contributed by atoms with Crippen molar-refractivity contribution in [3.8, 4) is 11.5 Å². The standard InChI is InChI=1S/C13H16F2O5/c14-13(15)7(6-16)5-10(18)11(19)12(13)20-9-3-1-8(17)2-4-9/h1-4,7,10-12,16-19H,5-6H2/t7-,10-,11+,12-/m0/s1. The molecule has 4 N–H and O–H groups in total. The number of hydrogen-bond donors (Lipinski definition) is 4. The third-order valence-electron chi connectivity index (χ3n) is 3.47. The normalized spacial score (nSPS) is 32.9. The van der Waals surface area contributed by atoms with Crippen molar-refractivity contribution in [3.63, 3.8) is 0 Å². The van der Waals surface area contributed by atoms with E-state index in [9.17, 15) is 19.0 Å². The number of halogens is 2. The molecule has 0 saturated heterocycles. The lowest BCUT2D eigenvalue weighted by molar-refractivity contribution is -0.230. The predicted octanol–water partition coefficient (Wildman–Crippen LogP) is 0.509. The number of benzene rings is 1. The van der Waals surface area contributed by atoms with Crippen LogP contribution < -0.4 is 4.74 Å². The Morgan fingerprint density at radius 3 is 2.35 bits per heavy atom. The van der Waals surface area contributed by atoms with E-state index in [1.165, 1.54) is 24.3 Å². The molecule has 0 aliphatic heterocycles. The summed E-state index contributed by atoms with van der Waals surface area (Å²) in [5, 5.41) is 37.4. The number of alkyl halides is 2. The van der Waals surface area contributed by atoms with Crippen molar-refractivity contribution in [2.45, 2.75) is 30.7 Å². The van der Waals surface area contributed by atoms with Gasteiger partial charge in [-0.3, -0.25) is 0 Å². The third-order valence-corrected chi connectivity index (χ3v) is 3.47. The molecule has 7 heteroatoms. The van der Waals surface area contributed by atoms with E-state index in [0.29, 0.717) is 0 Å². The molecule has 5 nitrogen and oxygen atoms in total. The van der Waals surface area contributed by atoms with E-state index >= 15 is 0 Å². The molecule has 0 heterocycles. The van der Waals surface area contributed by atoms with Crippen LogP contribution in [0.3, 0.4) is 0 Å². The van der Waals surface area contributed by atoms with Crippen LogP contribution in [0.15, 0.2) is 24.3 Å². The first-order valence-corrected chi connectivity index (χ1v) is 6.16. The summed E-state index contributed by atoms with van der Waals surface area (Å²) < 4.78 is 33.3. The third kappa shape index (κ3) is 2.70. The zero-order chi connectivity index (χ0) is 14.9. The van der Waals surface area contributed by atoms with Crippen LogP contribution in [0.25, 0.3) is 0 Å². The first-order valence-electron chi connectivity index (χ1n) is 6.16. The number of phenols is 1. The minimum absolute atomic E-state index is 0.0253. The van der Waals surface area contributed by atoms with Gasteiger partial charge < -0.3 is 25.2 Å². The lowest BCUT2D eigenvalue weighted by Gasteiger charge is -2.42. The quantitative estimate of drug-likeness (QED) is 0.651. The van der Waals surface area contributed by atoms with Gasteiger partial charge in [0.05, 0.1) is 18.6 Å². The monoisotopic (exact) mass is 290 g/mol. The van der Waals surface area contributed by atoms with E-state index < -0.39 is 43.2 Å². The van der Waals surface area contributed by atoms with Gasteiger partial charge in [-0.15, -0.1) is 0 Å². The van der Waals surface area contributed by atoms with Crippen molar-refractivity contribution in [1.29, 1.82) is 0 Å². The molecule has 0 unspecified atom stereocenters. The van der Waals surface area contributed by atoms with Gasteiger partial charge in [0.15, 0.2) is 6.10 Å². The number of hydrogen-bond acceptors (Lipinski definition) is 5. The Hall–Kier alpha value is -1.44. The second-order valence-electron chi connectivity index (χ2n) is 4.88. The van der Waals surface area contributed by atoms with Crippen molar-refractivity contribution >= 4 is 0 Å². The van der Waals surface area contributed by atoms with E-state index in [0.717, 1.165) is 0 Å². The summed E-state index contributed by atoms with van der Waals surface area (Å²) in [6, 6.07) is 5.05. The Morgan fingerprint density at radius 1 is 1.20 bits per heavy atom. The maximum atomic E-state index is 14.1. The molecule has 0 aromatic heterocycles. The van der Waals surface area contributed by atoms with Crippen LogP contribution in [0.5, 0.6) is 11.5 Å². The molecule has 112 valence electrons. The zero-order valence-electron chi connectivity index (χ0n) is 10.5. The van der Waals surface area contributed by atoms with Gasteiger partial charge in [0.1, 0.15) is 17.6 Å². The molecule has 1 aromatic carbocycles. The molecule has 4 atom stereocenters. The van der Waals surface area contributed by atoms with Crippen LogP contribution in [0.2, 0.25) is 0 Å². The van der Waals surface area contributed by atoms with E-state index in [-0.39, 0.29) is 11.5 Å². The smallest absolute Gasteiger partial charge is 0.291 e. The Kier molecular flexibility index (Phi) is 4.12. The number of ether oxygens (including phenoxy) is 1. The average Bonchev–Trinajstić information content (AvgIpc) is 2.41. The lowest BCUT2D eigenvalue weighted by Crippen LogP contribution is -2.60. The second-order valence-corrected chi connectivity index (χ2v) is 4.88. The number of phenolic OH excluding ortho intramolecular Hbond substituents is 1.